The molecule has 1 aromatic rings. The number of rotatable bonds is 6. The molecule has 0 aromatic heterocycles. The third-order valence-corrected chi connectivity index (χ3v) is 5.44. The molecule has 1 aliphatic rings. The quantitative estimate of drug-likeness (QED) is 0.858. The Labute approximate surface area is 149 Å². The normalized spacial score (nSPS) is 21.2. The van der Waals surface area contributed by atoms with E-state index in [9.17, 15) is 0 Å². The number of hydrogen-bond donors (Lipinski definition) is 1. The van der Waals surface area contributed by atoms with E-state index in [0.29, 0.717) is 12.1 Å². The lowest BCUT2D eigenvalue weighted by atomic mass is 9.86. The van der Waals surface area contributed by atoms with Crippen LogP contribution in [0, 0.1) is 0 Å². The van der Waals surface area contributed by atoms with Crippen molar-refractivity contribution in [3.63, 3.8) is 0 Å². The molecule has 0 bridgehead atoms. The van der Waals surface area contributed by atoms with Gasteiger partial charge in [-0.15, -0.1) is 0 Å². The predicted octanol–water partition coefficient (Wildman–Crippen LogP) is 3.66. The molecule has 1 aromatic carbocycles. The second kappa shape index (κ2) is 8.46. The number of likely N-dealkylation sites (N-methyl/N-ethyl adjacent to an activating group) is 1. The Morgan fingerprint density at radius 3 is 2.29 bits per heavy atom. The smallest absolute Gasteiger partial charge is 0.0479 e. The lowest BCUT2D eigenvalue weighted by Gasteiger charge is -2.42. The molecule has 136 valence electrons. The molecule has 1 fully saturated rings. The summed E-state index contributed by atoms with van der Waals surface area (Å²) in [6.45, 7) is 20.4. The highest BCUT2D eigenvalue weighted by atomic mass is 15.3. The monoisotopic (exact) mass is 331 g/mol. The van der Waals surface area contributed by atoms with E-state index in [1.54, 1.807) is 0 Å². The van der Waals surface area contributed by atoms with E-state index in [2.05, 4.69) is 80.9 Å². The van der Waals surface area contributed by atoms with Gasteiger partial charge in [0.05, 0.1) is 0 Å². The molecule has 3 heteroatoms. The van der Waals surface area contributed by atoms with Gasteiger partial charge < -0.3 is 10.2 Å². The van der Waals surface area contributed by atoms with Gasteiger partial charge in [-0.2, -0.15) is 0 Å². The van der Waals surface area contributed by atoms with Crippen LogP contribution in [0.5, 0.6) is 0 Å². The molecule has 0 aliphatic carbocycles. The molecule has 0 amide bonds. The maximum Gasteiger partial charge on any atom is 0.0479 e. The summed E-state index contributed by atoms with van der Waals surface area (Å²) >= 11 is 0. The molecular weight excluding hydrogens is 294 g/mol. The van der Waals surface area contributed by atoms with Crippen molar-refractivity contribution >= 4 is 0 Å². The maximum absolute atomic E-state index is 3.53. The Kier molecular flexibility index (Phi) is 6.85. The van der Waals surface area contributed by atoms with E-state index < -0.39 is 0 Å². The molecule has 2 atom stereocenters. The Balaban J connectivity index is 2.27. The van der Waals surface area contributed by atoms with Gasteiger partial charge in [0.1, 0.15) is 0 Å². The van der Waals surface area contributed by atoms with Crippen LogP contribution in [-0.2, 0) is 5.41 Å². The van der Waals surface area contributed by atoms with Crippen molar-refractivity contribution in [1.29, 1.82) is 0 Å². The van der Waals surface area contributed by atoms with Gasteiger partial charge in [0.2, 0.25) is 0 Å². The van der Waals surface area contributed by atoms with Gasteiger partial charge in [0, 0.05) is 38.3 Å². The first-order valence-corrected chi connectivity index (χ1v) is 9.66. The van der Waals surface area contributed by atoms with Gasteiger partial charge in [0.15, 0.2) is 0 Å². The molecule has 1 aliphatic heterocycles. The van der Waals surface area contributed by atoms with Crippen LogP contribution in [0.15, 0.2) is 24.3 Å². The second-order valence-electron chi connectivity index (χ2n) is 8.16. The summed E-state index contributed by atoms with van der Waals surface area (Å²) < 4.78 is 0. The van der Waals surface area contributed by atoms with Crippen LogP contribution in [-0.4, -0.2) is 55.1 Å². The van der Waals surface area contributed by atoms with Gasteiger partial charge in [-0.1, -0.05) is 58.9 Å². The second-order valence-corrected chi connectivity index (χ2v) is 8.16. The van der Waals surface area contributed by atoms with Gasteiger partial charge in [0.25, 0.3) is 0 Å². The van der Waals surface area contributed by atoms with Crippen LogP contribution in [0.4, 0.5) is 0 Å². The van der Waals surface area contributed by atoms with Gasteiger partial charge in [-0.25, -0.2) is 0 Å². The van der Waals surface area contributed by atoms with E-state index in [0.717, 1.165) is 39.3 Å². The fraction of sp³-hybridized carbons (Fsp3) is 0.714. The van der Waals surface area contributed by atoms with E-state index >= 15 is 0 Å². The highest BCUT2D eigenvalue weighted by Crippen LogP contribution is 2.28. The summed E-state index contributed by atoms with van der Waals surface area (Å²) in [5, 5.41) is 3.53. The van der Waals surface area contributed by atoms with Crippen LogP contribution in [0.1, 0.15) is 58.7 Å². The van der Waals surface area contributed by atoms with E-state index in [1.807, 2.05) is 0 Å². The van der Waals surface area contributed by atoms with E-state index in [4.69, 9.17) is 0 Å². The van der Waals surface area contributed by atoms with Crippen molar-refractivity contribution in [2.24, 2.45) is 0 Å². The Hall–Kier alpha value is -0.900. The highest BCUT2D eigenvalue weighted by molar-refractivity contribution is 5.29. The zero-order chi connectivity index (χ0) is 17.7. The van der Waals surface area contributed by atoms with Gasteiger partial charge in [-0.3, -0.25) is 4.90 Å². The number of benzene rings is 1. The van der Waals surface area contributed by atoms with Crippen molar-refractivity contribution < 1.29 is 0 Å². The zero-order valence-electron chi connectivity index (χ0n) is 16.6. The predicted molar refractivity (Wildman–Crippen MR) is 105 cm³/mol. The van der Waals surface area contributed by atoms with Crippen LogP contribution in [0.3, 0.4) is 0 Å². The number of hydrogen-bond acceptors (Lipinski definition) is 3. The van der Waals surface area contributed by atoms with Crippen LogP contribution in [0.2, 0.25) is 0 Å². The average Bonchev–Trinajstić information content (AvgIpc) is 2.56. The molecule has 0 saturated carbocycles. The summed E-state index contributed by atoms with van der Waals surface area (Å²) in [7, 11) is 0. The first-order valence-electron chi connectivity index (χ1n) is 9.66. The fourth-order valence-electron chi connectivity index (χ4n) is 3.65. The highest BCUT2D eigenvalue weighted by Gasteiger charge is 2.28. The molecule has 24 heavy (non-hydrogen) atoms. The third-order valence-electron chi connectivity index (χ3n) is 5.44. The summed E-state index contributed by atoms with van der Waals surface area (Å²) in [5.41, 5.74) is 3.10. The van der Waals surface area contributed by atoms with Gasteiger partial charge >= 0.3 is 0 Å². The maximum atomic E-state index is 3.53. The lowest BCUT2D eigenvalue weighted by molar-refractivity contribution is 0.0871. The minimum Gasteiger partial charge on any atom is -0.314 e. The molecule has 2 rings (SSSR count). The van der Waals surface area contributed by atoms with Crippen molar-refractivity contribution in [1.82, 2.24) is 15.1 Å². The average molecular weight is 332 g/mol. The Bertz CT molecular complexity index is 485. The standard InChI is InChI=1S/C21H37N3/c1-7-23(8-2)16-20(24-14-13-22-15-17(24)3)18-9-11-19(12-10-18)21(4,5)6/h9-12,17,20,22H,7-8,13-16H2,1-6H3. The van der Waals surface area contributed by atoms with Crippen molar-refractivity contribution in [2.45, 2.75) is 59.0 Å². The molecule has 1 saturated heterocycles. The molecule has 0 radical (unpaired) electrons. The molecule has 1 N–H and O–H groups in total. The fourth-order valence-corrected chi connectivity index (χ4v) is 3.65. The SMILES string of the molecule is CCN(CC)CC(c1ccc(C(C)(C)C)cc1)N1CCNCC1C. The molecule has 1 heterocycles. The lowest BCUT2D eigenvalue weighted by Crippen LogP contribution is -2.53. The first-order chi connectivity index (χ1) is 11.4. The number of nitrogens with zero attached hydrogens (tertiary/aromatic N) is 2. The van der Waals surface area contributed by atoms with Crippen LogP contribution >= 0.6 is 0 Å². The molecule has 2 unspecified atom stereocenters. The number of piperazine rings is 1. The summed E-state index contributed by atoms with van der Waals surface area (Å²) in [6.07, 6.45) is 0. The summed E-state index contributed by atoms with van der Waals surface area (Å²) in [6, 6.07) is 10.5. The van der Waals surface area contributed by atoms with Crippen molar-refractivity contribution in [2.75, 3.05) is 39.3 Å². The van der Waals surface area contributed by atoms with Gasteiger partial charge in [-0.05, 0) is 36.6 Å². The number of nitrogens with one attached hydrogen (secondary N) is 1. The minimum absolute atomic E-state index is 0.217. The molecular formula is C21H37N3. The summed E-state index contributed by atoms with van der Waals surface area (Å²) in [5.74, 6) is 0. The van der Waals surface area contributed by atoms with E-state index in [-0.39, 0.29) is 5.41 Å². The largest absolute Gasteiger partial charge is 0.314 e. The van der Waals surface area contributed by atoms with E-state index in [1.165, 1.54) is 11.1 Å². The van der Waals surface area contributed by atoms with Crippen LogP contribution < -0.4 is 5.32 Å². The summed E-state index contributed by atoms with van der Waals surface area (Å²) in [4.78, 5) is 5.25. The zero-order valence-corrected chi connectivity index (χ0v) is 16.6. The van der Waals surface area contributed by atoms with Crippen molar-refractivity contribution in [3.05, 3.63) is 35.4 Å². The molecule has 3 nitrogen and oxygen atoms in total. The molecule has 0 spiro atoms. The Morgan fingerprint density at radius 2 is 1.79 bits per heavy atom. The van der Waals surface area contributed by atoms with Crippen LogP contribution in [0.25, 0.3) is 0 Å². The van der Waals surface area contributed by atoms with Crippen molar-refractivity contribution in [3.8, 4) is 0 Å². The Morgan fingerprint density at radius 1 is 1.17 bits per heavy atom. The minimum atomic E-state index is 0.217. The first kappa shape index (κ1) is 19.4. The topological polar surface area (TPSA) is 18.5 Å². The third kappa shape index (κ3) is 4.81.